The first-order valence-corrected chi connectivity index (χ1v) is 5.88. The molecule has 0 bridgehead atoms. The van der Waals surface area contributed by atoms with Gasteiger partial charge < -0.3 is 5.32 Å². The predicted octanol–water partition coefficient (Wildman–Crippen LogP) is 0.853. The molecular weight excluding hydrogens is 196 g/mol. The Kier molecular flexibility index (Phi) is 3.44. The number of rotatable bonds is 4. The van der Waals surface area contributed by atoms with Crippen LogP contribution in [0.4, 0.5) is 0 Å². The topological polar surface area (TPSA) is 41.1 Å². The van der Waals surface area contributed by atoms with Crippen LogP contribution in [-0.4, -0.2) is 35.2 Å². The monoisotopic (exact) mass is 212 g/mol. The third kappa shape index (κ3) is 2.50. The lowest BCUT2D eigenvalue weighted by Crippen LogP contribution is -2.18. The molecule has 0 aliphatic carbocycles. The molecule has 2 rings (SSSR count). The highest BCUT2D eigenvalue weighted by Gasteiger charge is 2.13. The zero-order chi connectivity index (χ0) is 9.80. The first kappa shape index (κ1) is 10.0. The van der Waals surface area contributed by atoms with Gasteiger partial charge in [0.2, 0.25) is 0 Å². The largest absolute Gasteiger partial charge is 0.313 e. The fourth-order valence-electron chi connectivity index (χ4n) is 1.71. The van der Waals surface area contributed by atoms with Crippen LogP contribution in [0.1, 0.15) is 22.9 Å². The SMILES string of the molecule is CNCc1nnc(CN2CCCC2)s1. The Labute approximate surface area is 88.3 Å². The van der Waals surface area contributed by atoms with Gasteiger partial charge in [0.05, 0.1) is 6.54 Å². The average Bonchev–Trinajstić information content (AvgIpc) is 2.79. The maximum Gasteiger partial charge on any atom is 0.131 e. The maximum atomic E-state index is 4.19. The van der Waals surface area contributed by atoms with Crippen molar-refractivity contribution in [3.63, 3.8) is 0 Å². The van der Waals surface area contributed by atoms with Crippen molar-refractivity contribution < 1.29 is 0 Å². The predicted molar refractivity (Wildman–Crippen MR) is 57.2 cm³/mol. The van der Waals surface area contributed by atoms with E-state index in [2.05, 4.69) is 20.4 Å². The Bertz CT molecular complexity index is 280. The fourth-order valence-corrected chi connectivity index (χ4v) is 2.61. The van der Waals surface area contributed by atoms with Crippen LogP contribution in [0.2, 0.25) is 0 Å². The smallest absolute Gasteiger partial charge is 0.131 e. The van der Waals surface area contributed by atoms with Gasteiger partial charge in [0, 0.05) is 6.54 Å². The van der Waals surface area contributed by atoms with Gasteiger partial charge in [-0.2, -0.15) is 0 Å². The lowest BCUT2D eigenvalue weighted by molar-refractivity contribution is 0.330. The van der Waals surface area contributed by atoms with Gasteiger partial charge in [-0.15, -0.1) is 10.2 Å². The van der Waals surface area contributed by atoms with Gasteiger partial charge in [0.1, 0.15) is 10.0 Å². The zero-order valence-corrected chi connectivity index (χ0v) is 9.31. The number of likely N-dealkylation sites (tertiary alicyclic amines) is 1. The summed E-state index contributed by atoms with van der Waals surface area (Å²) in [7, 11) is 1.93. The highest BCUT2D eigenvalue weighted by molar-refractivity contribution is 7.11. The first-order valence-electron chi connectivity index (χ1n) is 5.06. The van der Waals surface area contributed by atoms with E-state index in [4.69, 9.17) is 0 Å². The minimum atomic E-state index is 0.831. The van der Waals surface area contributed by atoms with Crippen molar-refractivity contribution in [2.24, 2.45) is 0 Å². The van der Waals surface area contributed by atoms with E-state index in [1.807, 2.05) is 7.05 Å². The molecule has 0 saturated carbocycles. The van der Waals surface area contributed by atoms with E-state index < -0.39 is 0 Å². The molecule has 1 N–H and O–H groups in total. The van der Waals surface area contributed by atoms with Crippen molar-refractivity contribution in [2.75, 3.05) is 20.1 Å². The summed E-state index contributed by atoms with van der Waals surface area (Å²) < 4.78 is 0. The average molecular weight is 212 g/mol. The Morgan fingerprint density at radius 3 is 2.71 bits per heavy atom. The Balaban J connectivity index is 1.88. The Morgan fingerprint density at radius 2 is 2.00 bits per heavy atom. The van der Waals surface area contributed by atoms with E-state index in [0.29, 0.717) is 0 Å². The maximum absolute atomic E-state index is 4.19. The van der Waals surface area contributed by atoms with Crippen molar-refractivity contribution in [1.82, 2.24) is 20.4 Å². The molecule has 1 aromatic heterocycles. The molecule has 0 unspecified atom stereocenters. The van der Waals surface area contributed by atoms with Crippen LogP contribution < -0.4 is 5.32 Å². The molecule has 0 aromatic carbocycles. The number of hydrogen-bond donors (Lipinski definition) is 1. The Hall–Kier alpha value is -0.520. The second kappa shape index (κ2) is 4.82. The van der Waals surface area contributed by atoms with Crippen molar-refractivity contribution in [3.05, 3.63) is 10.0 Å². The fraction of sp³-hybridized carbons (Fsp3) is 0.778. The van der Waals surface area contributed by atoms with Crippen LogP contribution >= 0.6 is 11.3 Å². The summed E-state index contributed by atoms with van der Waals surface area (Å²) in [4.78, 5) is 2.45. The zero-order valence-electron chi connectivity index (χ0n) is 8.49. The van der Waals surface area contributed by atoms with E-state index in [1.54, 1.807) is 11.3 Å². The molecule has 5 heteroatoms. The minimum absolute atomic E-state index is 0.831. The number of nitrogens with one attached hydrogen (secondary N) is 1. The van der Waals surface area contributed by atoms with Crippen molar-refractivity contribution in [1.29, 1.82) is 0 Å². The van der Waals surface area contributed by atoms with E-state index >= 15 is 0 Å². The third-order valence-corrected chi connectivity index (χ3v) is 3.30. The van der Waals surface area contributed by atoms with Crippen molar-refractivity contribution in [3.8, 4) is 0 Å². The molecule has 1 aliphatic heterocycles. The van der Waals surface area contributed by atoms with Gasteiger partial charge in [0.25, 0.3) is 0 Å². The van der Waals surface area contributed by atoms with Crippen molar-refractivity contribution in [2.45, 2.75) is 25.9 Å². The molecule has 1 aliphatic rings. The molecule has 1 saturated heterocycles. The van der Waals surface area contributed by atoms with Gasteiger partial charge in [-0.05, 0) is 33.0 Å². The van der Waals surface area contributed by atoms with E-state index in [9.17, 15) is 0 Å². The molecule has 0 spiro atoms. The number of hydrogen-bond acceptors (Lipinski definition) is 5. The molecule has 4 nitrogen and oxygen atoms in total. The highest BCUT2D eigenvalue weighted by atomic mass is 32.1. The summed E-state index contributed by atoms with van der Waals surface area (Å²) in [6, 6.07) is 0. The van der Waals surface area contributed by atoms with Gasteiger partial charge in [0.15, 0.2) is 0 Å². The lowest BCUT2D eigenvalue weighted by atomic mass is 10.4. The molecule has 1 fully saturated rings. The van der Waals surface area contributed by atoms with Crippen LogP contribution in [-0.2, 0) is 13.1 Å². The normalized spacial score (nSPS) is 17.8. The molecule has 2 heterocycles. The third-order valence-electron chi connectivity index (χ3n) is 2.39. The lowest BCUT2D eigenvalue weighted by Gasteiger charge is -2.10. The van der Waals surface area contributed by atoms with E-state index in [-0.39, 0.29) is 0 Å². The first-order chi connectivity index (χ1) is 6.88. The number of aromatic nitrogens is 2. The summed E-state index contributed by atoms with van der Waals surface area (Å²) in [6.45, 7) is 4.26. The standard InChI is InChI=1S/C9H16N4S/c1-10-6-8-11-12-9(14-8)7-13-4-2-3-5-13/h10H,2-7H2,1H3. The highest BCUT2D eigenvalue weighted by Crippen LogP contribution is 2.15. The molecule has 0 radical (unpaired) electrons. The van der Waals surface area contributed by atoms with Crippen LogP contribution in [0.3, 0.4) is 0 Å². The van der Waals surface area contributed by atoms with Crippen molar-refractivity contribution >= 4 is 11.3 Å². The summed E-state index contributed by atoms with van der Waals surface area (Å²) in [5, 5.41) is 13.6. The molecule has 0 atom stereocenters. The number of nitrogens with zero attached hydrogens (tertiary/aromatic N) is 3. The second-order valence-electron chi connectivity index (χ2n) is 3.60. The van der Waals surface area contributed by atoms with Crippen LogP contribution in [0, 0.1) is 0 Å². The summed E-state index contributed by atoms with van der Waals surface area (Å²) in [6.07, 6.45) is 2.67. The summed E-state index contributed by atoms with van der Waals surface area (Å²) >= 11 is 1.72. The van der Waals surface area contributed by atoms with Gasteiger partial charge >= 0.3 is 0 Å². The summed E-state index contributed by atoms with van der Waals surface area (Å²) in [5.74, 6) is 0. The van der Waals surface area contributed by atoms with Crippen LogP contribution in [0.25, 0.3) is 0 Å². The molecule has 14 heavy (non-hydrogen) atoms. The Morgan fingerprint density at radius 1 is 1.29 bits per heavy atom. The quantitative estimate of drug-likeness (QED) is 0.803. The minimum Gasteiger partial charge on any atom is -0.313 e. The molecule has 1 aromatic rings. The molecule has 0 amide bonds. The van der Waals surface area contributed by atoms with Gasteiger partial charge in [-0.1, -0.05) is 11.3 Å². The molecular formula is C9H16N4S. The summed E-state index contributed by atoms with van der Waals surface area (Å²) in [5.41, 5.74) is 0. The molecule has 78 valence electrons. The van der Waals surface area contributed by atoms with Gasteiger partial charge in [-0.3, -0.25) is 4.90 Å². The van der Waals surface area contributed by atoms with Crippen LogP contribution in [0.5, 0.6) is 0 Å². The van der Waals surface area contributed by atoms with Crippen LogP contribution in [0.15, 0.2) is 0 Å². The second-order valence-corrected chi connectivity index (χ2v) is 4.75. The van der Waals surface area contributed by atoms with E-state index in [1.165, 1.54) is 25.9 Å². The van der Waals surface area contributed by atoms with Gasteiger partial charge in [-0.25, -0.2) is 0 Å². The van der Waals surface area contributed by atoms with E-state index in [0.717, 1.165) is 23.1 Å².